The number of hydrogen-bond acceptors (Lipinski definition) is 8. The number of fused-ring (bicyclic) bond motifs is 1. The number of rotatable bonds is 9. The van der Waals surface area contributed by atoms with Crippen LogP contribution in [0.1, 0.15) is 37.8 Å². The lowest BCUT2D eigenvalue weighted by atomic mass is 9.89. The second-order valence-corrected chi connectivity index (χ2v) is 9.35. The number of aromatic nitrogens is 2. The Kier molecular flexibility index (Phi) is 8.15. The Morgan fingerprint density at radius 2 is 1.86 bits per heavy atom. The highest BCUT2D eigenvalue weighted by atomic mass is 32.1. The molecule has 192 valence electrons. The molecule has 1 saturated heterocycles. The first kappa shape index (κ1) is 26.0. The van der Waals surface area contributed by atoms with E-state index in [4.69, 9.17) is 27.4 Å². The predicted molar refractivity (Wildman–Crippen MR) is 142 cm³/mol. The molecule has 0 amide bonds. The molecule has 10 heteroatoms. The highest BCUT2D eigenvalue weighted by Crippen LogP contribution is 2.38. The third kappa shape index (κ3) is 5.34. The lowest BCUT2D eigenvalue weighted by Gasteiger charge is -2.33. The largest absolute Gasteiger partial charge is 0.493 e. The van der Waals surface area contributed by atoms with E-state index in [0.717, 1.165) is 29.8 Å². The molecule has 1 fully saturated rings. The van der Waals surface area contributed by atoms with Crippen LogP contribution >= 0.6 is 12.2 Å². The fourth-order valence-corrected chi connectivity index (χ4v) is 5.10. The van der Waals surface area contributed by atoms with Gasteiger partial charge in [0.25, 0.3) is 0 Å². The van der Waals surface area contributed by atoms with Crippen LogP contribution in [0.5, 0.6) is 11.5 Å². The molecule has 1 aliphatic rings. The molecule has 0 saturated carbocycles. The Morgan fingerprint density at radius 1 is 1.17 bits per heavy atom. The summed E-state index contributed by atoms with van der Waals surface area (Å²) in [5, 5.41) is 3.84. The standard InChI is InChI=1S/C26H31F2N5O2S/c1-4-30-19(15-5-7-17(27)8-6-15)14-21(36)16-9-11-33(12-10-16)26-31-23-18(25(29)32-26)13-20(34-2)24(35-3)22(23)28/h5-8,13,16,19,30H,4,9-12,14H2,1-3H3,(H2,29,31,32)/t19-/m1/s1. The van der Waals surface area contributed by atoms with Gasteiger partial charge in [-0.2, -0.15) is 4.98 Å². The molecule has 0 aliphatic carbocycles. The molecule has 7 nitrogen and oxygen atoms in total. The zero-order chi connectivity index (χ0) is 25.8. The summed E-state index contributed by atoms with van der Waals surface area (Å²) < 4.78 is 38.9. The minimum atomic E-state index is -0.631. The first-order valence-electron chi connectivity index (χ1n) is 12.0. The molecule has 1 atom stereocenters. The van der Waals surface area contributed by atoms with E-state index < -0.39 is 5.82 Å². The van der Waals surface area contributed by atoms with E-state index in [1.807, 2.05) is 11.8 Å². The summed E-state index contributed by atoms with van der Waals surface area (Å²) in [7, 11) is 2.81. The van der Waals surface area contributed by atoms with Gasteiger partial charge < -0.3 is 25.4 Å². The molecule has 1 aromatic heterocycles. The number of benzene rings is 2. The first-order chi connectivity index (χ1) is 17.4. The number of piperidine rings is 1. The normalized spacial score (nSPS) is 15.2. The highest BCUT2D eigenvalue weighted by Gasteiger charge is 2.27. The van der Waals surface area contributed by atoms with Gasteiger partial charge in [-0.25, -0.2) is 13.8 Å². The zero-order valence-electron chi connectivity index (χ0n) is 20.7. The maximum absolute atomic E-state index is 15.1. The number of thiocarbonyl (C=S) groups is 1. The van der Waals surface area contributed by atoms with Gasteiger partial charge in [0, 0.05) is 24.5 Å². The fourth-order valence-electron chi connectivity index (χ4n) is 4.70. The van der Waals surface area contributed by atoms with Gasteiger partial charge in [0.1, 0.15) is 17.2 Å². The van der Waals surface area contributed by atoms with Gasteiger partial charge in [0.15, 0.2) is 17.3 Å². The lowest BCUT2D eigenvalue weighted by molar-refractivity contribution is 0.339. The van der Waals surface area contributed by atoms with Crippen LogP contribution in [0.3, 0.4) is 0 Å². The Hall–Kier alpha value is -3.11. The number of nitrogens with zero attached hydrogens (tertiary/aromatic N) is 3. The number of nitrogens with one attached hydrogen (secondary N) is 1. The lowest BCUT2D eigenvalue weighted by Crippen LogP contribution is -2.38. The van der Waals surface area contributed by atoms with Gasteiger partial charge in [-0.05, 0) is 60.4 Å². The summed E-state index contributed by atoms with van der Waals surface area (Å²) in [5.41, 5.74) is 7.30. The van der Waals surface area contributed by atoms with Crippen molar-refractivity contribution >= 4 is 39.8 Å². The second kappa shape index (κ2) is 11.3. The van der Waals surface area contributed by atoms with Crippen molar-refractivity contribution in [3.63, 3.8) is 0 Å². The third-order valence-electron chi connectivity index (χ3n) is 6.66. The van der Waals surface area contributed by atoms with E-state index in [-0.39, 0.29) is 40.6 Å². The van der Waals surface area contributed by atoms with Crippen LogP contribution in [0.4, 0.5) is 20.5 Å². The molecule has 36 heavy (non-hydrogen) atoms. The average Bonchev–Trinajstić information content (AvgIpc) is 2.89. The Labute approximate surface area is 215 Å². The molecular formula is C26H31F2N5O2S. The van der Waals surface area contributed by atoms with E-state index in [0.29, 0.717) is 30.8 Å². The smallest absolute Gasteiger partial charge is 0.227 e. The van der Waals surface area contributed by atoms with Crippen molar-refractivity contribution < 1.29 is 18.3 Å². The maximum Gasteiger partial charge on any atom is 0.227 e. The summed E-state index contributed by atoms with van der Waals surface area (Å²) >= 11 is 5.84. The van der Waals surface area contributed by atoms with Gasteiger partial charge in [0.05, 0.1) is 14.2 Å². The van der Waals surface area contributed by atoms with Gasteiger partial charge in [-0.15, -0.1) is 0 Å². The van der Waals surface area contributed by atoms with E-state index >= 15 is 4.39 Å². The average molecular weight is 516 g/mol. The van der Waals surface area contributed by atoms with E-state index in [9.17, 15) is 4.39 Å². The van der Waals surface area contributed by atoms with Crippen LogP contribution in [0, 0.1) is 17.6 Å². The molecule has 1 aliphatic heterocycles. The number of ether oxygens (including phenoxy) is 2. The minimum Gasteiger partial charge on any atom is -0.493 e. The van der Waals surface area contributed by atoms with Crippen molar-refractivity contribution in [1.82, 2.24) is 15.3 Å². The summed E-state index contributed by atoms with van der Waals surface area (Å²) in [6.07, 6.45) is 2.36. The maximum atomic E-state index is 15.1. The fraction of sp³-hybridized carbons (Fsp3) is 0.423. The zero-order valence-corrected chi connectivity index (χ0v) is 21.5. The Morgan fingerprint density at radius 3 is 2.47 bits per heavy atom. The quantitative estimate of drug-likeness (QED) is 0.392. The van der Waals surface area contributed by atoms with Crippen LogP contribution in [-0.4, -0.2) is 48.7 Å². The SMILES string of the molecule is CCN[C@H](CC(=S)C1CCN(c2nc(N)c3cc(OC)c(OC)c(F)c3n2)CC1)c1ccc(F)cc1. The van der Waals surface area contributed by atoms with Gasteiger partial charge in [-0.3, -0.25) is 0 Å². The monoisotopic (exact) mass is 515 g/mol. The highest BCUT2D eigenvalue weighted by molar-refractivity contribution is 7.80. The molecule has 0 spiro atoms. The molecule has 2 aromatic carbocycles. The number of hydrogen-bond donors (Lipinski definition) is 2. The molecule has 4 rings (SSSR count). The number of nitrogen functional groups attached to an aromatic ring is 1. The van der Waals surface area contributed by atoms with Crippen molar-refractivity contribution in [2.45, 2.75) is 32.2 Å². The third-order valence-corrected chi connectivity index (χ3v) is 7.16. The van der Waals surface area contributed by atoms with Gasteiger partial charge in [0.2, 0.25) is 5.95 Å². The van der Waals surface area contributed by atoms with Crippen molar-refractivity contribution in [1.29, 1.82) is 0 Å². The minimum absolute atomic E-state index is 0.0190. The number of anilines is 2. The van der Waals surface area contributed by atoms with Crippen LogP contribution in [0.15, 0.2) is 30.3 Å². The van der Waals surface area contributed by atoms with Crippen LogP contribution in [0.2, 0.25) is 0 Å². The number of methoxy groups -OCH3 is 2. The first-order valence-corrected chi connectivity index (χ1v) is 12.4. The molecular weight excluding hydrogens is 484 g/mol. The van der Waals surface area contributed by atoms with Crippen molar-refractivity contribution in [3.8, 4) is 11.5 Å². The second-order valence-electron chi connectivity index (χ2n) is 8.82. The number of nitrogens with two attached hydrogens (primary N) is 1. The Balaban J connectivity index is 1.47. The molecule has 3 aromatic rings. The van der Waals surface area contributed by atoms with Crippen molar-refractivity contribution in [3.05, 3.63) is 47.5 Å². The molecule has 3 N–H and O–H groups in total. The Bertz CT molecular complexity index is 1230. The van der Waals surface area contributed by atoms with Gasteiger partial charge >= 0.3 is 0 Å². The van der Waals surface area contributed by atoms with Crippen LogP contribution < -0.4 is 25.4 Å². The van der Waals surface area contributed by atoms with Crippen LogP contribution in [0.25, 0.3) is 10.9 Å². The number of halogens is 2. The van der Waals surface area contributed by atoms with E-state index in [1.54, 1.807) is 18.2 Å². The van der Waals surface area contributed by atoms with Crippen molar-refractivity contribution in [2.75, 3.05) is 44.5 Å². The van der Waals surface area contributed by atoms with Crippen LogP contribution in [-0.2, 0) is 0 Å². The molecule has 0 unspecified atom stereocenters. The predicted octanol–water partition coefficient (Wildman–Crippen LogP) is 4.83. The topological polar surface area (TPSA) is 85.5 Å². The summed E-state index contributed by atoms with van der Waals surface area (Å²) in [6, 6.07) is 8.19. The van der Waals surface area contributed by atoms with E-state index in [2.05, 4.69) is 15.3 Å². The molecule has 0 bridgehead atoms. The molecule has 0 radical (unpaired) electrons. The summed E-state index contributed by atoms with van der Waals surface area (Å²) in [4.78, 5) is 11.9. The van der Waals surface area contributed by atoms with Crippen molar-refractivity contribution in [2.24, 2.45) is 5.92 Å². The summed E-state index contributed by atoms with van der Waals surface area (Å²) in [6.45, 7) is 4.18. The molecule has 2 heterocycles. The van der Waals surface area contributed by atoms with E-state index in [1.165, 1.54) is 26.4 Å². The summed E-state index contributed by atoms with van der Waals surface area (Å²) in [5.74, 6) is 0.154. The van der Waals surface area contributed by atoms with Gasteiger partial charge in [-0.1, -0.05) is 31.3 Å².